The van der Waals surface area contributed by atoms with Gasteiger partial charge in [0.2, 0.25) is 5.91 Å². The minimum Gasteiger partial charge on any atom is -0.373 e. The summed E-state index contributed by atoms with van der Waals surface area (Å²) in [5, 5.41) is 2.87. The van der Waals surface area contributed by atoms with Gasteiger partial charge >= 0.3 is 5.97 Å². The van der Waals surface area contributed by atoms with E-state index in [1.807, 2.05) is 20.8 Å². The lowest BCUT2D eigenvalue weighted by atomic mass is 9.82. The lowest BCUT2D eigenvalue weighted by Gasteiger charge is -2.31. The highest BCUT2D eigenvalue weighted by atomic mass is 16.7. The number of nitrogens with two attached hydrogens (primary N) is 1. The predicted octanol–water partition coefficient (Wildman–Crippen LogP) is 4.06. The maximum atomic E-state index is 12.8. The summed E-state index contributed by atoms with van der Waals surface area (Å²) < 4.78 is 0. The van der Waals surface area contributed by atoms with E-state index in [1.54, 1.807) is 6.92 Å². The standard InChI is InChI=1S/C21H40N2O4/c1-6-8-9-10-11-12-13-14-16(15-18(25)27-22)20(26)23-19(17(24)7-2)21(3,4)5/h16,19H,6-15,22H2,1-5H3,(H,23,26)/t16-,19-/m1/s1. The fourth-order valence-corrected chi connectivity index (χ4v) is 3.17. The van der Waals surface area contributed by atoms with E-state index in [0.717, 1.165) is 19.3 Å². The smallest absolute Gasteiger partial charge is 0.325 e. The number of hydrogen-bond donors (Lipinski definition) is 2. The van der Waals surface area contributed by atoms with Crippen molar-refractivity contribution in [2.24, 2.45) is 17.2 Å². The van der Waals surface area contributed by atoms with E-state index in [4.69, 9.17) is 5.90 Å². The van der Waals surface area contributed by atoms with Crippen LogP contribution in [-0.2, 0) is 19.2 Å². The van der Waals surface area contributed by atoms with Crippen molar-refractivity contribution >= 4 is 17.7 Å². The maximum Gasteiger partial charge on any atom is 0.325 e. The minimum atomic E-state index is -0.604. The van der Waals surface area contributed by atoms with Crippen molar-refractivity contribution in [2.75, 3.05) is 0 Å². The first-order valence-electron chi connectivity index (χ1n) is 10.4. The molecule has 27 heavy (non-hydrogen) atoms. The molecule has 0 radical (unpaired) electrons. The molecule has 6 heteroatoms. The van der Waals surface area contributed by atoms with Crippen LogP contribution < -0.4 is 11.2 Å². The van der Waals surface area contributed by atoms with Crippen molar-refractivity contribution in [3.63, 3.8) is 0 Å². The molecule has 158 valence electrons. The first-order valence-corrected chi connectivity index (χ1v) is 10.4. The topological polar surface area (TPSA) is 98.5 Å². The minimum absolute atomic E-state index is 0.00748. The van der Waals surface area contributed by atoms with E-state index in [-0.39, 0.29) is 23.5 Å². The maximum absolute atomic E-state index is 12.8. The Morgan fingerprint density at radius 3 is 2.00 bits per heavy atom. The summed E-state index contributed by atoms with van der Waals surface area (Å²) >= 11 is 0. The zero-order valence-corrected chi connectivity index (χ0v) is 17.9. The van der Waals surface area contributed by atoms with Gasteiger partial charge in [0.15, 0.2) is 5.78 Å². The highest BCUT2D eigenvalue weighted by molar-refractivity contribution is 5.91. The second-order valence-corrected chi connectivity index (χ2v) is 8.43. The number of hydrogen-bond acceptors (Lipinski definition) is 5. The molecule has 0 bridgehead atoms. The van der Waals surface area contributed by atoms with Crippen LogP contribution in [0.3, 0.4) is 0 Å². The molecule has 3 N–H and O–H groups in total. The van der Waals surface area contributed by atoms with Crippen LogP contribution >= 0.6 is 0 Å². The van der Waals surface area contributed by atoms with E-state index in [9.17, 15) is 14.4 Å². The molecule has 0 aliphatic carbocycles. The van der Waals surface area contributed by atoms with Gasteiger partial charge in [0.05, 0.1) is 12.5 Å². The SMILES string of the molecule is CCCCCCCCC[C@H](CC(=O)ON)C(=O)N[C@H](C(=O)CC)C(C)(C)C. The van der Waals surface area contributed by atoms with Crippen molar-refractivity contribution < 1.29 is 19.2 Å². The Balaban J connectivity index is 4.77. The molecule has 0 saturated carbocycles. The number of amides is 1. The normalized spacial score (nSPS) is 13.7. The Morgan fingerprint density at radius 2 is 1.52 bits per heavy atom. The highest BCUT2D eigenvalue weighted by Gasteiger charge is 2.33. The monoisotopic (exact) mass is 384 g/mol. The zero-order valence-electron chi connectivity index (χ0n) is 17.9. The molecule has 0 aromatic heterocycles. The van der Waals surface area contributed by atoms with Crippen LogP contribution in [0, 0.1) is 11.3 Å². The third-order valence-corrected chi connectivity index (χ3v) is 4.89. The Hall–Kier alpha value is -1.43. The Bertz CT molecular complexity index is 458. The van der Waals surface area contributed by atoms with Crippen LogP contribution in [0.5, 0.6) is 0 Å². The van der Waals surface area contributed by atoms with Gasteiger partial charge in [0, 0.05) is 12.3 Å². The number of carbonyl (C=O) groups is 3. The molecule has 0 heterocycles. The van der Waals surface area contributed by atoms with Gasteiger partial charge in [-0.2, -0.15) is 5.90 Å². The summed E-state index contributed by atoms with van der Waals surface area (Å²) in [6, 6.07) is -0.569. The molecule has 0 saturated heterocycles. The van der Waals surface area contributed by atoms with E-state index in [1.165, 1.54) is 25.7 Å². The van der Waals surface area contributed by atoms with Gasteiger partial charge in [-0.15, -0.1) is 0 Å². The van der Waals surface area contributed by atoms with Gasteiger partial charge in [-0.05, 0) is 11.8 Å². The molecular weight excluding hydrogens is 344 g/mol. The molecule has 2 atom stereocenters. The van der Waals surface area contributed by atoms with Gasteiger partial charge in [-0.25, -0.2) is 0 Å². The van der Waals surface area contributed by atoms with Gasteiger partial charge in [-0.1, -0.05) is 79.6 Å². The summed E-state index contributed by atoms with van der Waals surface area (Å²) in [6.45, 7) is 9.74. The van der Waals surface area contributed by atoms with Gasteiger partial charge < -0.3 is 10.2 Å². The lowest BCUT2D eigenvalue weighted by Crippen LogP contribution is -2.51. The number of Topliss-reactive ketones (excluding diaryl/α,β-unsaturated/α-hetero) is 1. The number of rotatable bonds is 14. The number of ketones is 1. The predicted molar refractivity (Wildman–Crippen MR) is 108 cm³/mol. The molecule has 0 aromatic carbocycles. The van der Waals surface area contributed by atoms with Crippen molar-refractivity contribution in [3.05, 3.63) is 0 Å². The average Bonchev–Trinajstić information content (AvgIpc) is 2.62. The largest absolute Gasteiger partial charge is 0.373 e. The first-order chi connectivity index (χ1) is 12.7. The zero-order chi connectivity index (χ0) is 20.9. The Labute approximate surface area is 164 Å². The lowest BCUT2D eigenvalue weighted by molar-refractivity contribution is -0.147. The summed E-state index contributed by atoms with van der Waals surface area (Å²) in [5.41, 5.74) is -0.388. The summed E-state index contributed by atoms with van der Waals surface area (Å²) in [6.07, 6.45) is 8.83. The third kappa shape index (κ3) is 11.1. The van der Waals surface area contributed by atoms with Crippen LogP contribution in [0.15, 0.2) is 0 Å². The van der Waals surface area contributed by atoms with Crippen LogP contribution in [0.2, 0.25) is 0 Å². The summed E-state index contributed by atoms with van der Waals surface area (Å²) in [7, 11) is 0. The fourth-order valence-electron chi connectivity index (χ4n) is 3.17. The van der Waals surface area contributed by atoms with Crippen molar-refractivity contribution in [1.29, 1.82) is 0 Å². The average molecular weight is 385 g/mol. The quantitative estimate of drug-likeness (QED) is 0.347. The first kappa shape index (κ1) is 25.6. The van der Waals surface area contributed by atoms with Crippen molar-refractivity contribution in [2.45, 2.75) is 105 Å². The number of nitrogens with one attached hydrogen (secondary N) is 1. The molecule has 6 nitrogen and oxygen atoms in total. The Kier molecular flexibility index (Phi) is 13.0. The highest BCUT2D eigenvalue weighted by Crippen LogP contribution is 2.23. The molecule has 0 rings (SSSR count). The van der Waals surface area contributed by atoms with Gasteiger partial charge in [0.25, 0.3) is 0 Å². The van der Waals surface area contributed by atoms with E-state index in [0.29, 0.717) is 12.8 Å². The second kappa shape index (κ2) is 13.7. The van der Waals surface area contributed by atoms with E-state index < -0.39 is 17.9 Å². The number of carbonyl (C=O) groups excluding carboxylic acids is 3. The van der Waals surface area contributed by atoms with Crippen LogP contribution in [0.25, 0.3) is 0 Å². The molecule has 0 aliphatic heterocycles. The molecule has 1 amide bonds. The summed E-state index contributed by atoms with van der Waals surface area (Å²) in [5.74, 6) is 3.54. The van der Waals surface area contributed by atoms with Crippen LogP contribution in [-0.4, -0.2) is 23.7 Å². The molecule has 0 aromatic rings. The van der Waals surface area contributed by atoms with Gasteiger partial charge in [0.1, 0.15) is 0 Å². The van der Waals surface area contributed by atoms with Gasteiger partial charge in [-0.3, -0.25) is 14.4 Å². The second-order valence-electron chi connectivity index (χ2n) is 8.43. The fraction of sp³-hybridized carbons (Fsp3) is 0.857. The molecule has 0 unspecified atom stereocenters. The Morgan fingerprint density at radius 1 is 0.963 bits per heavy atom. The van der Waals surface area contributed by atoms with Crippen molar-refractivity contribution in [1.82, 2.24) is 5.32 Å². The van der Waals surface area contributed by atoms with E-state index >= 15 is 0 Å². The molecule has 0 spiro atoms. The molecule has 0 fully saturated rings. The van der Waals surface area contributed by atoms with E-state index in [2.05, 4.69) is 17.1 Å². The van der Waals surface area contributed by atoms with Crippen LogP contribution in [0.4, 0.5) is 0 Å². The molecular formula is C21H40N2O4. The van der Waals surface area contributed by atoms with Crippen LogP contribution in [0.1, 0.15) is 98.8 Å². The third-order valence-electron chi connectivity index (χ3n) is 4.89. The van der Waals surface area contributed by atoms with Crippen molar-refractivity contribution in [3.8, 4) is 0 Å². The summed E-state index contributed by atoms with van der Waals surface area (Å²) in [4.78, 5) is 40.9. The number of unbranched alkanes of at least 4 members (excludes halogenated alkanes) is 6. The molecule has 0 aliphatic rings.